The minimum atomic E-state index is -1.31. The van der Waals surface area contributed by atoms with Crippen molar-refractivity contribution in [2.75, 3.05) is 0 Å². The van der Waals surface area contributed by atoms with E-state index in [9.17, 15) is 0 Å². The molecule has 1 atom stereocenters. The van der Waals surface area contributed by atoms with Crippen LogP contribution in [0.4, 0.5) is 0 Å². The largest absolute Gasteiger partial charge is 0.415 e. The molecule has 14 heavy (non-hydrogen) atoms. The van der Waals surface area contributed by atoms with Gasteiger partial charge in [-0.15, -0.1) is 0 Å². The topological polar surface area (TPSA) is 9.23 Å². The van der Waals surface area contributed by atoms with Crippen LogP contribution in [-0.2, 0) is 4.43 Å². The van der Waals surface area contributed by atoms with E-state index in [-0.39, 0.29) is 0 Å². The first kappa shape index (κ1) is 14.2. The Kier molecular flexibility index (Phi) is 7.56. The zero-order valence-corrected chi connectivity index (χ0v) is 11.7. The van der Waals surface area contributed by atoms with E-state index in [4.69, 9.17) is 4.43 Å². The van der Waals surface area contributed by atoms with Crippen LogP contribution >= 0.6 is 0 Å². The van der Waals surface area contributed by atoms with Gasteiger partial charge in [-0.3, -0.25) is 0 Å². The number of unbranched alkanes of at least 4 members (excludes halogenated alkanes) is 3. The molecule has 1 nitrogen and oxygen atoms in total. The van der Waals surface area contributed by atoms with E-state index in [1.165, 1.54) is 38.5 Å². The summed E-state index contributed by atoms with van der Waals surface area (Å²) in [5.74, 6) is 0. The fraction of sp³-hybridized carbons (Fsp3) is 1.00. The highest BCUT2D eigenvalue weighted by Crippen LogP contribution is 2.16. The van der Waals surface area contributed by atoms with Crippen LogP contribution in [0.2, 0.25) is 19.6 Å². The van der Waals surface area contributed by atoms with Crippen LogP contribution in [-0.4, -0.2) is 14.4 Å². The number of hydrogen-bond donors (Lipinski definition) is 0. The standard InChI is InChI=1S/C12H28OSi/c1-6-8-9-10-11-12(7-2)13-14(3,4)5/h12H,6-11H2,1-5H3. The van der Waals surface area contributed by atoms with Gasteiger partial charge < -0.3 is 4.43 Å². The first-order valence-corrected chi connectivity index (χ1v) is 9.58. The van der Waals surface area contributed by atoms with Gasteiger partial charge in [0.1, 0.15) is 0 Å². The molecular formula is C12H28OSi. The lowest BCUT2D eigenvalue weighted by atomic mass is 10.1. The van der Waals surface area contributed by atoms with E-state index in [0.717, 1.165) is 0 Å². The summed E-state index contributed by atoms with van der Waals surface area (Å²) >= 11 is 0. The van der Waals surface area contributed by atoms with Crippen molar-refractivity contribution < 1.29 is 4.43 Å². The van der Waals surface area contributed by atoms with Crippen LogP contribution in [0.1, 0.15) is 52.4 Å². The van der Waals surface area contributed by atoms with E-state index < -0.39 is 8.32 Å². The maximum Gasteiger partial charge on any atom is 0.184 e. The quantitative estimate of drug-likeness (QED) is 0.426. The highest BCUT2D eigenvalue weighted by Gasteiger charge is 2.19. The molecule has 0 spiro atoms. The van der Waals surface area contributed by atoms with E-state index in [1.807, 2.05) is 0 Å². The lowest BCUT2D eigenvalue weighted by molar-refractivity contribution is 0.175. The third-order valence-electron chi connectivity index (χ3n) is 2.36. The molecule has 0 heterocycles. The molecule has 0 aliphatic carbocycles. The molecule has 0 aromatic rings. The fourth-order valence-corrected chi connectivity index (χ4v) is 2.93. The predicted molar refractivity (Wildman–Crippen MR) is 67.3 cm³/mol. The second-order valence-corrected chi connectivity index (χ2v) is 9.57. The SMILES string of the molecule is CCCCCCC(CC)O[Si](C)(C)C. The summed E-state index contributed by atoms with van der Waals surface area (Å²) < 4.78 is 6.11. The Labute approximate surface area is 91.4 Å². The monoisotopic (exact) mass is 216 g/mol. The maximum atomic E-state index is 6.11. The summed E-state index contributed by atoms with van der Waals surface area (Å²) in [5, 5.41) is 0. The Hall–Kier alpha value is 0.177. The summed E-state index contributed by atoms with van der Waals surface area (Å²) in [6, 6.07) is 0. The Morgan fingerprint density at radius 1 is 1.00 bits per heavy atom. The molecule has 0 aromatic carbocycles. The third-order valence-corrected chi connectivity index (χ3v) is 3.40. The van der Waals surface area contributed by atoms with Crippen LogP contribution in [0.5, 0.6) is 0 Å². The van der Waals surface area contributed by atoms with Crippen LogP contribution in [0.3, 0.4) is 0 Å². The summed E-state index contributed by atoms with van der Waals surface area (Å²) in [4.78, 5) is 0. The second-order valence-electron chi connectivity index (χ2n) is 5.11. The number of hydrogen-bond acceptors (Lipinski definition) is 1. The van der Waals surface area contributed by atoms with Crippen molar-refractivity contribution in [3.8, 4) is 0 Å². The van der Waals surface area contributed by atoms with Gasteiger partial charge in [-0.1, -0.05) is 39.5 Å². The molecule has 1 unspecified atom stereocenters. The molecule has 0 aromatic heterocycles. The lowest BCUT2D eigenvalue weighted by Gasteiger charge is -2.25. The molecular weight excluding hydrogens is 188 g/mol. The fourth-order valence-electron chi connectivity index (χ4n) is 1.65. The zero-order valence-electron chi connectivity index (χ0n) is 10.7. The van der Waals surface area contributed by atoms with Crippen LogP contribution in [0, 0.1) is 0 Å². The van der Waals surface area contributed by atoms with E-state index in [0.29, 0.717) is 6.10 Å². The summed E-state index contributed by atoms with van der Waals surface area (Å²) in [6.45, 7) is 11.3. The maximum absolute atomic E-state index is 6.11. The van der Waals surface area contributed by atoms with Crippen molar-refractivity contribution >= 4 is 8.32 Å². The van der Waals surface area contributed by atoms with Crippen LogP contribution < -0.4 is 0 Å². The van der Waals surface area contributed by atoms with E-state index in [1.54, 1.807) is 0 Å². The van der Waals surface area contributed by atoms with E-state index in [2.05, 4.69) is 33.5 Å². The van der Waals surface area contributed by atoms with Gasteiger partial charge in [0.05, 0.1) is 0 Å². The molecule has 0 N–H and O–H groups in total. The second kappa shape index (κ2) is 7.47. The molecule has 0 bridgehead atoms. The minimum Gasteiger partial charge on any atom is -0.415 e. The molecule has 0 saturated carbocycles. The van der Waals surface area contributed by atoms with Crippen LogP contribution in [0.25, 0.3) is 0 Å². The summed E-state index contributed by atoms with van der Waals surface area (Å²) in [5.41, 5.74) is 0. The Morgan fingerprint density at radius 2 is 1.64 bits per heavy atom. The van der Waals surface area contributed by atoms with Crippen molar-refractivity contribution in [1.29, 1.82) is 0 Å². The van der Waals surface area contributed by atoms with Crippen molar-refractivity contribution in [2.45, 2.75) is 78.1 Å². The van der Waals surface area contributed by atoms with Crippen LogP contribution in [0.15, 0.2) is 0 Å². The molecule has 0 amide bonds. The predicted octanol–water partition coefficient (Wildman–Crippen LogP) is 4.59. The molecule has 0 fully saturated rings. The summed E-state index contributed by atoms with van der Waals surface area (Å²) in [7, 11) is -1.31. The normalized spacial score (nSPS) is 14.4. The van der Waals surface area contributed by atoms with Gasteiger partial charge in [-0.05, 0) is 32.5 Å². The Balaban J connectivity index is 3.58. The highest BCUT2D eigenvalue weighted by molar-refractivity contribution is 6.69. The lowest BCUT2D eigenvalue weighted by Crippen LogP contribution is -2.31. The molecule has 0 radical (unpaired) electrons. The van der Waals surface area contributed by atoms with Crippen molar-refractivity contribution in [3.63, 3.8) is 0 Å². The van der Waals surface area contributed by atoms with Gasteiger partial charge in [0.2, 0.25) is 0 Å². The van der Waals surface area contributed by atoms with Gasteiger partial charge in [-0.25, -0.2) is 0 Å². The van der Waals surface area contributed by atoms with Gasteiger partial charge in [0.15, 0.2) is 8.32 Å². The molecule has 0 saturated heterocycles. The first-order chi connectivity index (χ1) is 6.49. The molecule has 0 rings (SSSR count). The zero-order chi connectivity index (χ0) is 11.0. The van der Waals surface area contributed by atoms with E-state index >= 15 is 0 Å². The molecule has 0 aliphatic rings. The van der Waals surface area contributed by atoms with Gasteiger partial charge in [0.25, 0.3) is 0 Å². The van der Waals surface area contributed by atoms with Crippen molar-refractivity contribution in [1.82, 2.24) is 0 Å². The van der Waals surface area contributed by atoms with Gasteiger partial charge >= 0.3 is 0 Å². The minimum absolute atomic E-state index is 0.526. The first-order valence-electron chi connectivity index (χ1n) is 6.17. The average molecular weight is 216 g/mol. The molecule has 86 valence electrons. The Bertz CT molecular complexity index is 129. The van der Waals surface area contributed by atoms with Crippen molar-refractivity contribution in [2.24, 2.45) is 0 Å². The molecule has 2 heteroatoms. The average Bonchev–Trinajstić information content (AvgIpc) is 2.08. The van der Waals surface area contributed by atoms with Gasteiger partial charge in [-0.2, -0.15) is 0 Å². The third kappa shape index (κ3) is 8.76. The Morgan fingerprint density at radius 3 is 2.07 bits per heavy atom. The summed E-state index contributed by atoms with van der Waals surface area (Å²) in [6.07, 6.45) is 8.39. The van der Waals surface area contributed by atoms with Gasteiger partial charge in [0, 0.05) is 6.10 Å². The smallest absolute Gasteiger partial charge is 0.184 e. The number of rotatable bonds is 8. The van der Waals surface area contributed by atoms with Crippen molar-refractivity contribution in [3.05, 3.63) is 0 Å². The molecule has 0 aliphatic heterocycles. The highest BCUT2D eigenvalue weighted by atomic mass is 28.4.